The van der Waals surface area contributed by atoms with E-state index in [1.54, 1.807) is 0 Å². The van der Waals surface area contributed by atoms with Crippen molar-refractivity contribution >= 4 is 49.1 Å². The average Bonchev–Trinajstić information content (AvgIpc) is 2.49. The lowest BCUT2D eigenvalue weighted by molar-refractivity contribution is 0.0948. The molecule has 1 aliphatic carbocycles. The lowest BCUT2D eigenvalue weighted by atomic mass is 9.83. The second-order valence-electron chi connectivity index (χ2n) is 4.08. The van der Waals surface area contributed by atoms with E-state index in [2.05, 4.69) is 37.2 Å². The molecule has 1 aromatic rings. The molecule has 1 heterocycles. The minimum atomic E-state index is 0.0214. The summed E-state index contributed by atoms with van der Waals surface area (Å²) in [5.41, 5.74) is 0.727. The topological polar surface area (TPSA) is 29.1 Å². The van der Waals surface area contributed by atoms with Crippen molar-refractivity contribution in [1.82, 2.24) is 5.32 Å². The third kappa shape index (κ3) is 3.08. The number of hydrogen-bond acceptors (Lipinski definition) is 2. The predicted molar refractivity (Wildman–Crippen MR) is 74.0 cm³/mol. The summed E-state index contributed by atoms with van der Waals surface area (Å²) in [7, 11) is 0. The molecule has 0 atom stereocenters. The van der Waals surface area contributed by atoms with Crippen LogP contribution in [0.1, 0.15) is 36.0 Å². The first-order valence-electron chi connectivity index (χ1n) is 5.40. The van der Waals surface area contributed by atoms with Crippen LogP contribution in [-0.2, 0) is 0 Å². The molecule has 2 nitrogen and oxygen atoms in total. The van der Waals surface area contributed by atoms with Crippen molar-refractivity contribution in [2.45, 2.75) is 25.7 Å². The molecule has 16 heavy (non-hydrogen) atoms. The van der Waals surface area contributed by atoms with Gasteiger partial charge in [0.1, 0.15) is 0 Å². The van der Waals surface area contributed by atoms with E-state index in [9.17, 15) is 4.79 Å². The summed E-state index contributed by atoms with van der Waals surface area (Å²) in [6.45, 7) is 0.795. The van der Waals surface area contributed by atoms with Gasteiger partial charge < -0.3 is 5.32 Å². The van der Waals surface area contributed by atoms with E-state index in [4.69, 9.17) is 0 Å². The molecule has 1 aliphatic rings. The van der Waals surface area contributed by atoms with E-state index in [-0.39, 0.29) is 5.91 Å². The van der Waals surface area contributed by atoms with Crippen molar-refractivity contribution in [3.63, 3.8) is 0 Å². The van der Waals surface area contributed by atoms with Gasteiger partial charge in [-0.1, -0.05) is 19.3 Å². The second-order valence-corrected chi connectivity index (χ2v) is 7.83. The molecule has 88 valence electrons. The smallest absolute Gasteiger partial charge is 0.253 e. The highest BCUT2D eigenvalue weighted by molar-refractivity contribution is 9.12. The van der Waals surface area contributed by atoms with Crippen molar-refractivity contribution in [2.24, 2.45) is 5.92 Å². The fourth-order valence-electron chi connectivity index (χ4n) is 1.76. The first-order chi connectivity index (χ1) is 7.66. The monoisotopic (exact) mass is 365 g/mol. The Kier molecular flexibility index (Phi) is 4.44. The Labute approximate surface area is 116 Å². The summed E-state index contributed by atoms with van der Waals surface area (Å²) in [5.74, 6) is 0.867. The molecular weight excluding hydrogens is 354 g/mol. The SMILES string of the molecule is O=C(NCCC1CCC1)c1cc(Br)sc1Br. The average molecular weight is 367 g/mol. The van der Waals surface area contributed by atoms with Gasteiger partial charge in [-0.2, -0.15) is 0 Å². The summed E-state index contributed by atoms with van der Waals surface area (Å²) >= 11 is 8.29. The van der Waals surface area contributed by atoms with E-state index in [0.29, 0.717) is 0 Å². The number of carbonyl (C=O) groups is 1. The summed E-state index contributed by atoms with van der Waals surface area (Å²) in [5, 5.41) is 2.97. The molecule has 0 saturated heterocycles. The number of rotatable bonds is 4. The van der Waals surface area contributed by atoms with Crippen LogP contribution in [0.15, 0.2) is 13.6 Å². The Bertz CT molecular complexity index is 387. The van der Waals surface area contributed by atoms with Crippen molar-refractivity contribution < 1.29 is 4.79 Å². The first-order valence-corrected chi connectivity index (χ1v) is 7.80. The van der Waals surface area contributed by atoms with E-state index < -0.39 is 0 Å². The summed E-state index contributed by atoms with van der Waals surface area (Å²) in [6.07, 6.45) is 5.16. The molecule has 0 unspecified atom stereocenters. The number of halogens is 2. The standard InChI is InChI=1S/C11H13Br2NOS/c12-9-6-8(10(13)16-9)11(15)14-5-4-7-2-1-3-7/h6-7H,1-5H2,(H,14,15). The third-order valence-corrected chi connectivity index (χ3v) is 5.30. The zero-order valence-corrected chi connectivity index (χ0v) is 12.8. The lowest BCUT2D eigenvalue weighted by Crippen LogP contribution is -2.27. The molecule has 0 aliphatic heterocycles. The molecule has 1 amide bonds. The van der Waals surface area contributed by atoms with E-state index in [0.717, 1.165) is 32.0 Å². The van der Waals surface area contributed by atoms with Gasteiger partial charge in [0, 0.05) is 6.54 Å². The second kappa shape index (κ2) is 5.65. The van der Waals surface area contributed by atoms with Crippen LogP contribution in [0.2, 0.25) is 0 Å². The molecule has 0 bridgehead atoms. The van der Waals surface area contributed by atoms with Crippen molar-refractivity contribution in [3.05, 3.63) is 19.2 Å². The number of thiophene rings is 1. The zero-order chi connectivity index (χ0) is 11.5. The van der Waals surface area contributed by atoms with Gasteiger partial charge in [-0.05, 0) is 50.3 Å². The van der Waals surface area contributed by atoms with Crippen LogP contribution in [0.5, 0.6) is 0 Å². The van der Waals surface area contributed by atoms with Gasteiger partial charge in [-0.15, -0.1) is 11.3 Å². The Morgan fingerprint density at radius 3 is 2.75 bits per heavy atom. The molecular formula is C11H13Br2NOS. The molecule has 0 aromatic carbocycles. The van der Waals surface area contributed by atoms with E-state index in [1.165, 1.54) is 30.6 Å². The molecule has 0 radical (unpaired) electrons. The number of amides is 1. The number of nitrogens with one attached hydrogen (secondary N) is 1. The largest absolute Gasteiger partial charge is 0.352 e. The fraction of sp³-hybridized carbons (Fsp3) is 0.545. The van der Waals surface area contributed by atoms with Crippen molar-refractivity contribution in [1.29, 1.82) is 0 Å². The molecule has 1 fully saturated rings. The normalized spacial score (nSPS) is 15.9. The molecule has 0 spiro atoms. The minimum Gasteiger partial charge on any atom is -0.352 e. The van der Waals surface area contributed by atoms with Gasteiger partial charge in [0.25, 0.3) is 5.91 Å². The Balaban J connectivity index is 1.80. The molecule has 5 heteroatoms. The van der Waals surface area contributed by atoms with Crippen LogP contribution in [0.4, 0.5) is 0 Å². The summed E-state index contributed by atoms with van der Waals surface area (Å²) in [6, 6.07) is 1.85. The van der Waals surface area contributed by atoms with Crippen LogP contribution in [0, 0.1) is 5.92 Å². The van der Waals surface area contributed by atoms with Gasteiger partial charge in [-0.3, -0.25) is 4.79 Å². The molecule has 2 rings (SSSR count). The van der Waals surface area contributed by atoms with Gasteiger partial charge in [0.05, 0.1) is 13.1 Å². The Hall–Kier alpha value is 0.130. The van der Waals surface area contributed by atoms with Gasteiger partial charge in [-0.25, -0.2) is 0 Å². The van der Waals surface area contributed by atoms with E-state index >= 15 is 0 Å². The van der Waals surface area contributed by atoms with Crippen LogP contribution < -0.4 is 5.32 Å². The highest BCUT2D eigenvalue weighted by Gasteiger charge is 2.18. The van der Waals surface area contributed by atoms with Crippen LogP contribution in [-0.4, -0.2) is 12.5 Å². The van der Waals surface area contributed by atoms with Crippen LogP contribution >= 0.6 is 43.2 Å². The maximum atomic E-state index is 11.8. The Morgan fingerprint density at radius 2 is 2.25 bits per heavy atom. The van der Waals surface area contributed by atoms with Crippen molar-refractivity contribution in [2.75, 3.05) is 6.54 Å². The third-order valence-electron chi connectivity index (χ3n) is 2.96. The molecule has 1 saturated carbocycles. The summed E-state index contributed by atoms with van der Waals surface area (Å²) < 4.78 is 1.86. The quantitative estimate of drug-likeness (QED) is 0.850. The molecule has 1 aromatic heterocycles. The lowest BCUT2D eigenvalue weighted by Gasteiger charge is -2.25. The van der Waals surface area contributed by atoms with Crippen molar-refractivity contribution in [3.8, 4) is 0 Å². The predicted octanol–water partition coefficient (Wildman–Crippen LogP) is 4.19. The zero-order valence-electron chi connectivity index (χ0n) is 8.76. The maximum Gasteiger partial charge on any atom is 0.253 e. The number of hydrogen-bond donors (Lipinski definition) is 1. The molecule has 1 N–H and O–H groups in total. The Morgan fingerprint density at radius 1 is 1.50 bits per heavy atom. The number of carbonyl (C=O) groups excluding carboxylic acids is 1. The van der Waals surface area contributed by atoms with Crippen LogP contribution in [0.3, 0.4) is 0 Å². The minimum absolute atomic E-state index is 0.0214. The van der Waals surface area contributed by atoms with Gasteiger partial charge in [0.2, 0.25) is 0 Å². The fourth-order valence-corrected chi connectivity index (χ4v) is 4.56. The first kappa shape index (κ1) is 12.6. The van der Waals surface area contributed by atoms with Gasteiger partial charge >= 0.3 is 0 Å². The van der Waals surface area contributed by atoms with E-state index in [1.807, 2.05) is 6.07 Å². The highest BCUT2D eigenvalue weighted by atomic mass is 79.9. The maximum absolute atomic E-state index is 11.8. The van der Waals surface area contributed by atoms with Crippen LogP contribution in [0.25, 0.3) is 0 Å². The highest BCUT2D eigenvalue weighted by Crippen LogP contribution is 2.32. The van der Waals surface area contributed by atoms with Gasteiger partial charge in [0.15, 0.2) is 0 Å². The summed E-state index contributed by atoms with van der Waals surface area (Å²) in [4.78, 5) is 11.8.